The Bertz CT molecular complexity index is 855. The molecule has 0 aliphatic heterocycles. The van der Waals surface area contributed by atoms with Crippen molar-refractivity contribution in [3.63, 3.8) is 0 Å². The average molecular weight is 397 g/mol. The molecule has 0 aromatic heterocycles. The van der Waals surface area contributed by atoms with Gasteiger partial charge in [-0.3, -0.25) is 0 Å². The fourth-order valence-corrected chi connectivity index (χ4v) is 3.51. The predicted octanol–water partition coefficient (Wildman–Crippen LogP) is 3.62. The minimum Gasteiger partial charge on any atom is -0.458 e. The van der Waals surface area contributed by atoms with Crippen molar-refractivity contribution in [1.29, 1.82) is 0 Å². The molecule has 0 unspecified atom stereocenters. The van der Waals surface area contributed by atoms with Crippen LogP contribution in [-0.2, 0) is 14.3 Å². The van der Waals surface area contributed by atoms with Gasteiger partial charge in [-0.05, 0) is 49.9 Å². The Morgan fingerprint density at radius 3 is 2.03 bits per heavy atom. The summed E-state index contributed by atoms with van der Waals surface area (Å²) < 4.78 is 10.7. The number of aliphatic hydroxyl groups excluding tert-OH is 1. The molecule has 0 bridgehead atoms. The van der Waals surface area contributed by atoms with Gasteiger partial charge in [0, 0.05) is 5.92 Å². The molecule has 0 saturated carbocycles. The van der Waals surface area contributed by atoms with Crippen molar-refractivity contribution in [2.75, 3.05) is 6.61 Å². The maximum absolute atomic E-state index is 12.4. The molecular formula is C23H27NO5. The highest BCUT2D eigenvalue weighted by Crippen LogP contribution is 2.44. The van der Waals surface area contributed by atoms with Crippen LogP contribution in [0.25, 0.3) is 11.1 Å². The number of ether oxygens (including phenoxy) is 2. The van der Waals surface area contributed by atoms with Crippen molar-refractivity contribution >= 4 is 12.1 Å². The molecule has 0 spiro atoms. The second-order valence-corrected chi connectivity index (χ2v) is 8.22. The second kappa shape index (κ2) is 8.25. The molecule has 0 radical (unpaired) electrons. The number of rotatable bonds is 5. The number of amides is 1. The lowest BCUT2D eigenvalue weighted by Gasteiger charge is -2.26. The molecule has 2 aromatic carbocycles. The number of hydrogen-bond donors (Lipinski definition) is 2. The summed E-state index contributed by atoms with van der Waals surface area (Å²) in [5.41, 5.74) is 3.73. The number of carbonyl (C=O) groups is 2. The second-order valence-electron chi connectivity index (χ2n) is 8.22. The van der Waals surface area contributed by atoms with Crippen molar-refractivity contribution < 1.29 is 24.2 Å². The third-order valence-electron chi connectivity index (χ3n) is 4.76. The zero-order valence-electron chi connectivity index (χ0n) is 17.1. The van der Waals surface area contributed by atoms with Gasteiger partial charge >= 0.3 is 12.1 Å². The van der Waals surface area contributed by atoms with E-state index < -0.39 is 29.8 Å². The van der Waals surface area contributed by atoms with Gasteiger partial charge in [0.05, 0.1) is 6.10 Å². The van der Waals surface area contributed by atoms with Gasteiger partial charge in [0.1, 0.15) is 12.2 Å². The van der Waals surface area contributed by atoms with Crippen LogP contribution in [0.4, 0.5) is 4.79 Å². The molecule has 1 aliphatic rings. The first-order valence-corrected chi connectivity index (χ1v) is 9.70. The van der Waals surface area contributed by atoms with E-state index in [9.17, 15) is 14.7 Å². The van der Waals surface area contributed by atoms with Gasteiger partial charge in [0.25, 0.3) is 0 Å². The molecule has 154 valence electrons. The maximum atomic E-state index is 12.4. The number of fused-ring (bicyclic) bond motifs is 3. The van der Waals surface area contributed by atoms with E-state index in [1.54, 1.807) is 20.8 Å². The van der Waals surface area contributed by atoms with Gasteiger partial charge in [-0.2, -0.15) is 0 Å². The van der Waals surface area contributed by atoms with E-state index >= 15 is 0 Å². The van der Waals surface area contributed by atoms with E-state index in [2.05, 4.69) is 17.4 Å². The SMILES string of the molecule is C[C@@H](O)[C@H](NC(=O)OCC1c2ccccc2-c2ccccc21)C(=O)OC(C)(C)C. The number of hydrogen-bond acceptors (Lipinski definition) is 5. The molecule has 2 atom stereocenters. The Morgan fingerprint density at radius 2 is 1.55 bits per heavy atom. The molecular weight excluding hydrogens is 370 g/mol. The van der Waals surface area contributed by atoms with Crippen molar-refractivity contribution in [2.24, 2.45) is 0 Å². The van der Waals surface area contributed by atoms with E-state index in [0.717, 1.165) is 22.3 Å². The quantitative estimate of drug-likeness (QED) is 0.753. The standard InChI is InChI=1S/C23H27NO5/c1-14(25)20(21(26)29-23(2,3)4)24-22(27)28-13-19-17-11-7-5-9-15(17)16-10-6-8-12-18(16)19/h5-12,14,19-20,25H,13H2,1-4H3,(H,24,27)/t14-,20+/m1/s1. The maximum Gasteiger partial charge on any atom is 0.407 e. The summed E-state index contributed by atoms with van der Waals surface area (Å²) in [5.74, 6) is -0.791. The summed E-state index contributed by atoms with van der Waals surface area (Å²) >= 11 is 0. The summed E-state index contributed by atoms with van der Waals surface area (Å²) in [5, 5.41) is 12.3. The Hall–Kier alpha value is -2.86. The highest BCUT2D eigenvalue weighted by Gasteiger charge is 2.32. The first-order chi connectivity index (χ1) is 13.7. The molecule has 1 amide bonds. The Kier molecular flexibility index (Phi) is 5.94. The number of alkyl carbamates (subject to hydrolysis) is 1. The molecule has 3 rings (SSSR count). The summed E-state index contributed by atoms with van der Waals surface area (Å²) in [6, 6.07) is 14.9. The number of carbonyl (C=O) groups excluding carboxylic acids is 2. The zero-order valence-corrected chi connectivity index (χ0v) is 17.1. The van der Waals surface area contributed by atoms with E-state index in [-0.39, 0.29) is 12.5 Å². The van der Waals surface area contributed by atoms with Crippen LogP contribution in [0.1, 0.15) is 44.7 Å². The van der Waals surface area contributed by atoms with Crippen LogP contribution in [0.3, 0.4) is 0 Å². The van der Waals surface area contributed by atoms with E-state index in [4.69, 9.17) is 9.47 Å². The van der Waals surface area contributed by atoms with Crippen LogP contribution in [0, 0.1) is 0 Å². The lowest BCUT2D eigenvalue weighted by Crippen LogP contribution is -2.50. The van der Waals surface area contributed by atoms with Crippen LogP contribution >= 0.6 is 0 Å². The largest absolute Gasteiger partial charge is 0.458 e. The third kappa shape index (κ3) is 4.77. The van der Waals surface area contributed by atoms with Gasteiger partial charge in [0.15, 0.2) is 6.04 Å². The van der Waals surface area contributed by atoms with E-state index in [1.165, 1.54) is 6.92 Å². The molecule has 6 nitrogen and oxygen atoms in total. The Labute approximate surface area is 170 Å². The molecule has 0 saturated heterocycles. The molecule has 2 aromatic rings. The van der Waals surface area contributed by atoms with Crippen LogP contribution in [0.5, 0.6) is 0 Å². The minimum absolute atomic E-state index is 0.0836. The number of benzene rings is 2. The Balaban J connectivity index is 1.68. The fraction of sp³-hybridized carbons (Fsp3) is 0.391. The van der Waals surface area contributed by atoms with E-state index in [1.807, 2.05) is 36.4 Å². The normalized spacial score (nSPS) is 15.1. The molecule has 0 heterocycles. The first-order valence-electron chi connectivity index (χ1n) is 9.70. The predicted molar refractivity (Wildman–Crippen MR) is 110 cm³/mol. The third-order valence-corrected chi connectivity index (χ3v) is 4.76. The monoisotopic (exact) mass is 397 g/mol. The zero-order chi connectivity index (χ0) is 21.2. The van der Waals surface area contributed by atoms with E-state index in [0.29, 0.717) is 0 Å². The number of aliphatic hydroxyl groups is 1. The van der Waals surface area contributed by atoms with Crippen molar-refractivity contribution in [1.82, 2.24) is 5.32 Å². The minimum atomic E-state index is -1.20. The van der Waals surface area contributed by atoms with Crippen LogP contribution in [0.2, 0.25) is 0 Å². The summed E-state index contributed by atoms with van der Waals surface area (Å²) in [6.07, 6.45) is -1.89. The first kappa shape index (κ1) is 20.9. The smallest absolute Gasteiger partial charge is 0.407 e. The molecule has 6 heteroatoms. The van der Waals surface area contributed by atoms with Gasteiger partial charge in [-0.25, -0.2) is 9.59 Å². The number of nitrogens with one attached hydrogen (secondary N) is 1. The molecule has 29 heavy (non-hydrogen) atoms. The van der Waals surface area contributed by atoms with Crippen molar-refractivity contribution in [3.8, 4) is 11.1 Å². The van der Waals surface area contributed by atoms with Gasteiger partial charge in [-0.1, -0.05) is 48.5 Å². The topological polar surface area (TPSA) is 84.9 Å². The fourth-order valence-electron chi connectivity index (χ4n) is 3.51. The lowest BCUT2D eigenvalue weighted by atomic mass is 9.98. The summed E-state index contributed by atoms with van der Waals surface area (Å²) in [7, 11) is 0. The highest BCUT2D eigenvalue weighted by molar-refractivity contribution is 5.82. The Morgan fingerprint density at radius 1 is 1.03 bits per heavy atom. The summed E-state index contributed by atoms with van der Waals surface area (Å²) in [6.45, 7) is 6.70. The molecule has 1 aliphatic carbocycles. The number of esters is 1. The van der Waals surface area contributed by atoms with Crippen molar-refractivity contribution in [3.05, 3.63) is 59.7 Å². The van der Waals surface area contributed by atoms with Crippen LogP contribution < -0.4 is 5.32 Å². The highest BCUT2D eigenvalue weighted by atomic mass is 16.6. The molecule has 0 fully saturated rings. The van der Waals surface area contributed by atoms with Gasteiger partial charge in [0.2, 0.25) is 0 Å². The van der Waals surface area contributed by atoms with Crippen LogP contribution in [-0.4, -0.2) is 41.5 Å². The van der Waals surface area contributed by atoms with Crippen LogP contribution in [0.15, 0.2) is 48.5 Å². The van der Waals surface area contributed by atoms with Crippen molar-refractivity contribution in [2.45, 2.75) is 51.4 Å². The lowest BCUT2D eigenvalue weighted by molar-refractivity contribution is -0.160. The van der Waals surface area contributed by atoms with Gasteiger partial charge < -0.3 is 19.9 Å². The van der Waals surface area contributed by atoms with Gasteiger partial charge in [-0.15, -0.1) is 0 Å². The average Bonchev–Trinajstić information content (AvgIpc) is 2.96. The molecule has 2 N–H and O–H groups in total. The summed E-state index contributed by atoms with van der Waals surface area (Å²) in [4.78, 5) is 24.6.